The van der Waals surface area contributed by atoms with Gasteiger partial charge in [0.25, 0.3) is 0 Å². The van der Waals surface area contributed by atoms with Crippen LogP contribution in [0.2, 0.25) is 0 Å². The van der Waals surface area contributed by atoms with Crippen molar-refractivity contribution in [3.8, 4) is 5.75 Å². The lowest BCUT2D eigenvalue weighted by atomic mass is 10.4. The number of nitrogens with zero attached hydrogens (tertiary/aromatic N) is 2. The monoisotopic (exact) mass is 200 g/mol. The minimum absolute atomic E-state index is 0.126. The van der Waals surface area contributed by atoms with Crippen molar-refractivity contribution in [3.63, 3.8) is 0 Å². The van der Waals surface area contributed by atoms with Gasteiger partial charge in [-0.1, -0.05) is 0 Å². The van der Waals surface area contributed by atoms with E-state index in [1.165, 1.54) is 18.8 Å². The third kappa shape index (κ3) is 1.39. The molecule has 0 amide bonds. The van der Waals surface area contributed by atoms with Gasteiger partial charge < -0.3 is 9.84 Å². The number of hydrogen-bond donors (Lipinski definition) is 1. The van der Waals surface area contributed by atoms with Gasteiger partial charge in [0, 0.05) is 14.1 Å². The molecule has 0 aromatic carbocycles. The summed E-state index contributed by atoms with van der Waals surface area (Å²) in [6.07, 6.45) is 0. The van der Waals surface area contributed by atoms with Gasteiger partial charge in [-0.05, 0) is 6.92 Å². The van der Waals surface area contributed by atoms with E-state index in [9.17, 15) is 14.7 Å². The van der Waals surface area contributed by atoms with Gasteiger partial charge in [-0.15, -0.1) is 0 Å². The average molecular weight is 200 g/mol. The first-order valence-corrected chi connectivity index (χ1v) is 4.12. The number of aromatic hydroxyl groups is 1. The lowest BCUT2D eigenvalue weighted by Crippen LogP contribution is -2.18. The molecule has 0 unspecified atom stereocenters. The van der Waals surface area contributed by atoms with Gasteiger partial charge in [-0.25, -0.2) is 4.79 Å². The van der Waals surface area contributed by atoms with E-state index in [1.807, 2.05) is 0 Å². The summed E-state index contributed by atoms with van der Waals surface area (Å²) < 4.78 is 7.06. The van der Waals surface area contributed by atoms with Gasteiger partial charge in [0.05, 0.1) is 6.61 Å². The van der Waals surface area contributed by atoms with Crippen molar-refractivity contribution in [2.24, 2.45) is 14.1 Å². The zero-order valence-corrected chi connectivity index (χ0v) is 8.27. The third-order valence-corrected chi connectivity index (χ3v) is 1.96. The first kappa shape index (κ1) is 10.4. The van der Waals surface area contributed by atoms with Crippen molar-refractivity contribution in [1.29, 1.82) is 0 Å². The van der Waals surface area contributed by atoms with Crippen LogP contribution in [0.3, 0.4) is 0 Å². The van der Waals surface area contributed by atoms with Crippen LogP contribution in [0.4, 0.5) is 0 Å². The minimum Gasteiger partial charge on any atom is -0.501 e. The number of esters is 1. The van der Waals surface area contributed by atoms with E-state index in [-0.39, 0.29) is 12.3 Å². The summed E-state index contributed by atoms with van der Waals surface area (Å²) in [6, 6.07) is 0. The van der Waals surface area contributed by atoms with Gasteiger partial charge in [0.1, 0.15) is 0 Å². The highest BCUT2D eigenvalue weighted by Gasteiger charge is 2.22. The van der Waals surface area contributed by atoms with Crippen molar-refractivity contribution in [1.82, 2.24) is 9.36 Å². The molecule has 0 spiro atoms. The number of rotatable bonds is 2. The molecule has 0 saturated heterocycles. The lowest BCUT2D eigenvalue weighted by molar-refractivity contribution is 0.0508. The Morgan fingerprint density at radius 3 is 2.36 bits per heavy atom. The van der Waals surface area contributed by atoms with Crippen molar-refractivity contribution in [2.75, 3.05) is 6.61 Å². The lowest BCUT2D eigenvalue weighted by Gasteiger charge is -2.04. The van der Waals surface area contributed by atoms with Crippen LogP contribution >= 0.6 is 0 Å². The van der Waals surface area contributed by atoms with E-state index in [4.69, 9.17) is 0 Å². The fraction of sp³-hybridized carbons (Fsp3) is 0.500. The summed E-state index contributed by atoms with van der Waals surface area (Å²) >= 11 is 0. The molecule has 0 aliphatic carbocycles. The SMILES string of the molecule is CCOC(=O)c1c(O)c(=O)n(C)n1C. The summed E-state index contributed by atoms with van der Waals surface area (Å²) in [5, 5.41) is 9.34. The zero-order valence-electron chi connectivity index (χ0n) is 8.27. The summed E-state index contributed by atoms with van der Waals surface area (Å²) in [5.41, 5.74) is -0.741. The Balaban J connectivity index is 3.28. The van der Waals surface area contributed by atoms with Crippen LogP contribution in [0, 0.1) is 0 Å². The first-order chi connectivity index (χ1) is 6.50. The van der Waals surface area contributed by atoms with Crippen LogP contribution in [0.25, 0.3) is 0 Å². The molecular weight excluding hydrogens is 188 g/mol. The predicted molar refractivity (Wildman–Crippen MR) is 48.3 cm³/mol. The van der Waals surface area contributed by atoms with Crippen LogP contribution in [0.15, 0.2) is 4.79 Å². The summed E-state index contributed by atoms with van der Waals surface area (Å²) in [5.74, 6) is -1.28. The number of carbonyl (C=O) groups is 1. The van der Waals surface area contributed by atoms with Crippen LogP contribution in [0.5, 0.6) is 5.75 Å². The fourth-order valence-corrected chi connectivity index (χ4v) is 1.12. The zero-order chi connectivity index (χ0) is 10.9. The molecule has 0 saturated carbocycles. The predicted octanol–water partition coefficient (Wildman–Crippen LogP) is -0.394. The molecular formula is C8H12N2O4. The summed E-state index contributed by atoms with van der Waals surface area (Å²) in [4.78, 5) is 22.5. The molecule has 1 aromatic heterocycles. The fourth-order valence-electron chi connectivity index (χ4n) is 1.12. The molecule has 0 radical (unpaired) electrons. The molecule has 1 rings (SSSR count). The average Bonchev–Trinajstić information content (AvgIpc) is 2.32. The van der Waals surface area contributed by atoms with Crippen LogP contribution in [0.1, 0.15) is 17.4 Å². The van der Waals surface area contributed by atoms with E-state index in [0.29, 0.717) is 0 Å². The number of ether oxygens (including phenoxy) is 1. The smallest absolute Gasteiger partial charge is 0.360 e. The van der Waals surface area contributed by atoms with Gasteiger partial charge in [-0.3, -0.25) is 14.2 Å². The first-order valence-electron chi connectivity index (χ1n) is 4.12. The Morgan fingerprint density at radius 1 is 1.43 bits per heavy atom. The second-order valence-electron chi connectivity index (χ2n) is 2.77. The Labute approximate surface area is 80.3 Å². The second-order valence-corrected chi connectivity index (χ2v) is 2.77. The quantitative estimate of drug-likeness (QED) is 0.659. The third-order valence-electron chi connectivity index (χ3n) is 1.96. The van der Waals surface area contributed by atoms with Crippen LogP contribution in [-0.2, 0) is 18.8 Å². The minimum atomic E-state index is -0.704. The van der Waals surface area contributed by atoms with E-state index in [2.05, 4.69) is 4.74 Å². The van der Waals surface area contributed by atoms with Gasteiger partial charge in [0.15, 0.2) is 5.69 Å². The van der Waals surface area contributed by atoms with Crippen LogP contribution in [-0.4, -0.2) is 27.0 Å². The normalized spacial score (nSPS) is 10.2. The van der Waals surface area contributed by atoms with E-state index < -0.39 is 17.3 Å². The molecule has 0 aliphatic heterocycles. The maximum Gasteiger partial charge on any atom is 0.360 e. The van der Waals surface area contributed by atoms with Crippen molar-refractivity contribution in [2.45, 2.75) is 6.92 Å². The van der Waals surface area contributed by atoms with E-state index in [1.54, 1.807) is 6.92 Å². The highest BCUT2D eigenvalue weighted by atomic mass is 16.5. The molecule has 6 nitrogen and oxygen atoms in total. The Morgan fingerprint density at radius 2 is 2.00 bits per heavy atom. The largest absolute Gasteiger partial charge is 0.501 e. The summed E-state index contributed by atoms with van der Waals surface area (Å²) in [6.45, 7) is 1.84. The topological polar surface area (TPSA) is 73.5 Å². The molecule has 0 aliphatic rings. The van der Waals surface area contributed by atoms with Gasteiger partial charge >= 0.3 is 11.5 Å². The Hall–Kier alpha value is -1.72. The molecule has 0 atom stereocenters. The molecule has 6 heteroatoms. The number of carbonyl (C=O) groups excluding carboxylic acids is 1. The van der Waals surface area contributed by atoms with Crippen LogP contribution < -0.4 is 5.56 Å². The van der Waals surface area contributed by atoms with Crippen molar-refractivity contribution in [3.05, 3.63) is 16.0 Å². The van der Waals surface area contributed by atoms with Crippen molar-refractivity contribution >= 4 is 5.97 Å². The molecule has 1 heterocycles. The molecule has 78 valence electrons. The Kier molecular flexibility index (Phi) is 2.64. The van der Waals surface area contributed by atoms with Gasteiger partial charge in [0.2, 0.25) is 5.75 Å². The van der Waals surface area contributed by atoms with E-state index in [0.717, 1.165) is 4.68 Å². The highest BCUT2D eigenvalue weighted by molar-refractivity contribution is 5.90. The number of hydrogen-bond acceptors (Lipinski definition) is 4. The Bertz CT molecular complexity index is 416. The molecule has 0 bridgehead atoms. The molecule has 14 heavy (non-hydrogen) atoms. The van der Waals surface area contributed by atoms with Gasteiger partial charge in [-0.2, -0.15) is 0 Å². The standard InChI is InChI=1S/C8H12N2O4/c1-4-14-8(13)5-6(11)7(12)10(3)9(5)2/h11H,4H2,1-3H3. The maximum absolute atomic E-state index is 11.3. The molecule has 0 fully saturated rings. The van der Waals surface area contributed by atoms with E-state index >= 15 is 0 Å². The van der Waals surface area contributed by atoms with Crippen molar-refractivity contribution < 1.29 is 14.6 Å². The molecule has 1 N–H and O–H groups in total. The second kappa shape index (κ2) is 3.57. The molecule has 1 aromatic rings. The summed E-state index contributed by atoms with van der Waals surface area (Å²) in [7, 11) is 2.94. The number of aromatic nitrogens is 2. The highest BCUT2D eigenvalue weighted by Crippen LogP contribution is 2.12. The maximum atomic E-state index is 11.3.